The zero-order chi connectivity index (χ0) is 16.4. The fourth-order valence-corrected chi connectivity index (χ4v) is 3.08. The van der Waals surface area contributed by atoms with Crippen LogP contribution in [0.4, 0.5) is 5.69 Å². The summed E-state index contributed by atoms with van der Waals surface area (Å²) in [6, 6.07) is 12.2. The van der Waals surface area contributed by atoms with Crippen LogP contribution in [0.3, 0.4) is 0 Å². The van der Waals surface area contributed by atoms with Gasteiger partial charge in [0, 0.05) is 18.4 Å². The van der Waals surface area contributed by atoms with Crippen molar-refractivity contribution in [2.75, 3.05) is 11.6 Å². The lowest BCUT2D eigenvalue weighted by Crippen LogP contribution is -2.18. The normalized spacial score (nSPS) is 14.0. The molecule has 1 aliphatic heterocycles. The molecule has 0 unspecified atom stereocenters. The highest BCUT2D eigenvalue weighted by atomic mass is 32.2. The summed E-state index contributed by atoms with van der Waals surface area (Å²) in [7, 11) is -3.18. The third-order valence-corrected chi connectivity index (χ3v) is 4.86. The number of rotatable bonds is 4. The molecule has 0 aromatic heterocycles. The Balaban J connectivity index is 1.68. The minimum absolute atomic E-state index is 0.0390. The lowest BCUT2D eigenvalue weighted by molar-refractivity contribution is -0.116. The van der Waals surface area contributed by atoms with Gasteiger partial charge in [0.15, 0.2) is 9.84 Å². The van der Waals surface area contributed by atoms with Gasteiger partial charge >= 0.3 is 0 Å². The summed E-state index contributed by atoms with van der Waals surface area (Å²) in [5, 5.41) is 2.83. The fourth-order valence-electron chi connectivity index (χ4n) is 2.45. The molecule has 3 rings (SSSR count). The van der Waals surface area contributed by atoms with Crippen molar-refractivity contribution in [3.8, 4) is 5.75 Å². The molecule has 0 aliphatic carbocycles. The Kier molecular flexibility index (Phi) is 4.09. The molecule has 5 nitrogen and oxygen atoms in total. The quantitative estimate of drug-likeness (QED) is 0.934. The van der Waals surface area contributed by atoms with E-state index in [0.717, 1.165) is 22.6 Å². The van der Waals surface area contributed by atoms with Gasteiger partial charge in [-0.1, -0.05) is 12.1 Å². The molecule has 6 heteroatoms. The minimum Gasteiger partial charge on any atom is -0.489 e. The van der Waals surface area contributed by atoms with Gasteiger partial charge < -0.3 is 10.1 Å². The van der Waals surface area contributed by atoms with Crippen LogP contribution in [0.2, 0.25) is 0 Å². The molecule has 1 N–H and O–H groups in total. The summed E-state index contributed by atoms with van der Waals surface area (Å²) < 4.78 is 28.6. The zero-order valence-electron chi connectivity index (χ0n) is 12.7. The number of hydrogen-bond donors (Lipinski definition) is 1. The predicted molar refractivity (Wildman–Crippen MR) is 87.3 cm³/mol. The van der Waals surface area contributed by atoms with E-state index in [9.17, 15) is 13.2 Å². The van der Waals surface area contributed by atoms with Gasteiger partial charge in [-0.2, -0.15) is 0 Å². The van der Waals surface area contributed by atoms with Gasteiger partial charge in [-0.25, -0.2) is 8.42 Å². The zero-order valence-corrected chi connectivity index (χ0v) is 13.5. The van der Waals surface area contributed by atoms with E-state index in [4.69, 9.17) is 4.74 Å². The topological polar surface area (TPSA) is 72.5 Å². The van der Waals surface area contributed by atoms with Gasteiger partial charge in [0.2, 0.25) is 5.91 Å². The van der Waals surface area contributed by atoms with E-state index < -0.39 is 9.84 Å². The van der Waals surface area contributed by atoms with Gasteiger partial charge in [0.25, 0.3) is 0 Å². The molecule has 0 saturated carbocycles. The van der Waals surface area contributed by atoms with Crippen molar-refractivity contribution in [3.05, 3.63) is 53.6 Å². The van der Waals surface area contributed by atoms with E-state index in [1.54, 1.807) is 24.3 Å². The largest absolute Gasteiger partial charge is 0.489 e. The van der Waals surface area contributed by atoms with E-state index in [2.05, 4.69) is 5.32 Å². The van der Waals surface area contributed by atoms with Crippen LogP contribution >= 0.6 is 0 Å². The maximum Gasteiger partial charge on any atom is 0.224 e. The molecule has 2 aromatic rings. The lowest BCUT2D eigenvalue weighted by atomic mass is 10.0. The predicted octanol–water partition coefficient (Wildman–Crippen LogP) is 2.55. The van der Waals surface area contributed by atoms with E-state index in [0.29, 0.717) is 24.3 Å². The van der Waals surface area contributed by atoms with Crippen LogP contribution in [0.15, 0.2) is 47.4 Å². The maximum atomic E-state index is 11.4. The number of nitrogens with one attached hydrogen (secondary N) is 1. The Morgan fingerprint density at radius 3 is 2.52 bits per heavy atom. The molecule has 23 heavy (non-hydrogen) atoms. The second-order valence-electron chi connectivity index (χ2n) is 5.57. The average Bonchev–Trinajstić information content (AvgIpc) is 2.52. The van der Waals surface area contributed by atoms with Gasteiger partial charge in [-0.15, -0.1) is 0 Å². The number of carbonyl (C=O) groups excluding carboxylic acids is 1. The number of ether oxygens (including phenoxy) is 1. The number of carbonyl (C=O) groups is 1. The molecule has 1 amide bonds. The highest BCUT2D eigenvalue weighted by molar-refractivity contribution is 7.90. The van der Waals surface area contributed by atoms with Crippen molar-refractivity contribution in [2.24, 2.45) is 0 Å². The Hall–Kier alpha value is -2.34. The molecule has 0 fully saturated rings. The standard InChI is InChI=1S/C17H17NO4S/c1-23(20,21)15-6-2-12(3-7-15)11-22-14-5-8-16-13(10-14)4-9-17(19)18-16/h2-3,5-8,10H,4,9,11H2,1H3,(H,18,19). The fraction of sp³-hybridized carbons (Fsp3) is 0.235. The van der Waals surface area contributed by atoms with Crippen LogP contribution in [0, 0.1) is 0 Å². The first-order valence-corrected chi connectivity index (χ1v) is 9.15. The number of benzene rings is 2. The Bertz CT molecular complexity index is 841. The highest BCUT2D eigenvalue weighted by Crippen LogP contribution is 2.27. The van der Waals surface area contributed by atoms with Crippen molar-refractivity contribution in [3.63, 3.8) is 0 Å². The minimum atomic E-state index is -3.18. The van der Waals surface area contributed by atoms with E-state index in [-0.39, 0.29) is 5.91 Å². The Labute approximate surface area is 135 Å². The number of sulfone groups is 1. The molecule has 2 aromatic carbocycles. The van der Waals surface area contributed by atoms with Crippen LogP contribution in [-0.2, 0) is 27.7 Å². The van der Waals surface area contributed by atoms with Crippen LogP contribution < -0.4 is 10.1 Å². The van der Waals surface area contributed by atoms with Crippen LogP contribution in [0.5, 0.6) is 5.75 Å². The molecule has 1 heterocycles. The van der Waals surface area contributed by atoms with Gasteiger partial charge in [0.1, 0.15) is 12.4 Å². The first kappa shape index (κ1) is 15.6. The first-order chi connectivity index (χ1) is 10.9. The smallest absolute Gasteiger partial charge is 0.224 e. The summed E-state index contributed by atoms with van der Waals surface area (Å²) in [4.78, 5) is 11.6. The van der Waals surface area contributed by atoms with Crippen molar-refractivity contribution in [1.29, 1.82) is 0 Å². The molecular formula is C17H17NO4S. The van der Waals surface area contributed by atoms with E-state index >= 15 is 0 Å². The third kappa shape index (κ3) is 3.71. The van der Waals surface area contributed by atoms with Crippen molar-refractivity contribution in [1.82, 2.24) is 0 Å². The summed E-state index contributed by atoms with van der Waals surface area (Å²) in [5.74, 6) is 0.768. The second kappa shape index (κ2) is 6.04. The molecule has 0 atom stereocenters. The number of fused-ring (bicyclic) bond motifs is 1. The molecule has 120 valence electrons. The van der Waals surface area contributed by atoms with Gasteiger partial charge in [0.05, 0.1) is 4.90 Å². The lowest BCUT2D eigenvalue weighted by Gasteiger charge is -2.17. The SMILES string of the molecule is CS(=O)(=O)c1ccc(COc2ccc3c(c2)CCC(=O)N3)cc1. The van der Waals surface area contributed by atoms with Crippen molar-refractivity contribution in [2.45, 2.75) is 24.3 Å². The first-order valence-electron chi connectivity index (χ1n) is 7.26. The van der Waals surface area contributed by atoms with Crippen LogP contribution in [0.25, 0.3) is 0 Å². The number of anilines is 1. The Morgan fingerprint density at radius 1 is 1.09 bits per heavy atom. The summed E-state index contributed by atoms with van der Waals surface area (Å²) in [6.45, 7) is 0.356. The molecule has 0 radical (unpaired) electrons. The summed E-state index contributed by atoms with van der Waals surface area (Å²) >= 11 is 0. The summed E-state index contributed by atoms with van der Waals surface area (Å²) in [6.07, 6.45) is 2.38. The van der Waals surface area contributed by atoms with Gasteiger partial charge in [-0.05, 0) is 47.9 Å². The molecule has 0 spiro atoms. The van der Waals surface area contributed by atoms with Crippen LogP contribution in [0.1, 0.15) is 17.5 Å². The number of amides is 1. The molecule has 0 bridgehead atoms. The number of hydrogen-bond acceptors (Lipinski definition) is 4. The molecular weight excluding hydrogens is 314 g/mol. The van der Waals surface area contributed by atoms with Crippen LogP contribution in [-0.4, -0.2) is 20.6 Å². The van der Waals surface area contributed by atoms with Gasteiger partial charge in [-0.3, -0.25) is 4.79 Å². The highest BCUT2D eigenvalue weighted by Gasteiger charge is 2.15. The third-order valence-electron chi connectivity index (χ3n) is 3.73. The maximum absolute atomic E-state index is 11.4. The molecule has 1 aliphatic rings. The summed E-state index contributed by atoms with van der Waals surface area (Å²) in [5.41, 5.74) is 2.80. The Morgan fingerprint density at radius 2 is 1.83 bits per heavy atom. The van der Waals surface area contributed by atoms with E-state index in [1.165, 1.54) is 6.26 Å². The number of aryl methyl sites for hydroxylation is 1. The van der Waals surface area contributed by atoms with Crippen molar-refractivity contribution >= 4 is 21.4 Å². The van der Waals surface area contributed by atoms with E-state index in [1.807, 2.05) is 18.2 Å². The average molecular weight is 331 g/mol. The molecule has 0 saturated heterocycles. The van der Waals surface area contributed by atoms with Crippen molar-refractivity contribution < 1.29 is 17.9 Å². The second-order valence-corrected chi connectivity index (χ2v) is 7.59. The monoisotopic (exact) mass is 331 g/mol.